The van der Waals surface area contributed by atoms with Crippen LogP contribution in [0.4, 0.5) is 30.7 Å². The molecule has 1 amide bonds. The maximum atomic E-state index is 13.6. The van der Waals surface area contributed by atoms with Gasteiger partial charge < -0.3 is 14.7 Å². The summed E-state index contributed by atoms with van der Waals surface area (Å²) >= 11 is 0. The van der Waals surface area contributed by atoms with E-state index in [-0.39, 0.29) is 24.6 Å². The standard InChI is InChI=1S/C25H22F7NO4/c1-12(14-7-15(24(27,28)29)9-16(8-14)25(30,31)32)37-19-11-33-18(10-23(2,21(33)34)22(35)36)20(19)13-3-5-17(26)6-4-13/h3-9,12,18-20H,10-11H2,1-2H3,(H,35,36)/t12-,18+,19+,20+,23?/m1/s1. The molecule has 2 aliphatic rings. The molecule has 200 valence electrons. The van der Waals surface area contributed by atoms with Gasteiger partial charge in [-0.05, 0) is 61.7 Å². The molecule has 1 N–H and O–H groups in total. The highest BCUT2D eigenvalue weighted by Crippen LogP contribution is 2.49. The fourth-order valence-corrected chi connectivity index (χ4v) is 5.16. The number of carbonyl (C=O) groups is 2. The SMILES string of the molecule is C[C@@H](O[C@H]1CN2C(=O)C(C)(C(=O)O)C[C@H]2[C@@H]1c1ccc(F)cc1)c1cc(C(F)(F)F)cc(C(F)(F)F)c1. The molecule has 2 fully saturated rings. The van der Waals surface area contributed by atoms with Crippen molar-refractivity contribution in [2.24, 2.45) is 5.41 Å². The lowest BCUT2D eigenvalue weighted by Gasteiger charge is -2.28. The molecule has 0 saturated carbocycles. The van der Waals surface area contributed by atoms with E-state index in [2.05, 4.69) is 0 Å². The van der Waals surface area contributed by atoms with Crippen LogP contribution in [0.15, 0.2) is 42.5 Å². The van der Waals surface area contributed by atoms with Gasteiger partial charge in [-0.1, -0.05) is 12.1 Å². The number of rotatable bonds is 5. The van der Waals surface area contributed by atoms with Crippen LogP contribution in [0, 0.1) is 11.2 Å². The van der Waals surface area contributed by atoms with Crippen LogP contribution in [-0.4, -0.2) is 40.6 Å². The molecule has 2 aromatic carbocycles. The lowest BCUT2D eigenvalue weighted by Crippen LogP contribution is -2.39. The minimum atomic E-state index is -5.03. The number of hydrogen-bond donors (Lipinski definition) is 1. The van der Waals surface area contributed by atoms with Gasteiger partial charge in [0.1, 0.15) is 11.2 Å². The fraction of sp³-hybridized carbons (Fsp3) is 0.440. The second-order valence-corrected chi connectivity index (χ2v) is 9.60. The Morgan fingerprint density at radius 2 is 1.59 bits per heavy atom. The van der Waals surface area contributed by atoms with Gasteiger partial charge in [-0.2, -0.15) is 26.3 Å². The monoisotopic (exact) mass is 533 g/mol. The average Bonchev–Trinajstić information content (AvgIpc) is 3.26. The topological polar surface area (TPSA) is 66.8 Å². The molecular weight excluding hydrogens is 511 g/mol. The van der Waals surface area contributed by atoms with Crippen molar-refractivity contribution in [3.63, 3.8) is 0 Å². The number of carboxylic acid groups (broad SMARTS) is 1. The van der Waals surface area contributed by atoms with E-state index < -0.39 is 70.8 Å². The van der Waals surface area contributed by atoms with Gasteiger partial charge in [0.05, 0.1) is 23.3 Å². The van der Waals surface area contributed by atoms with Gasteiger partial charge in [-0.15, -0.1) is 0 Å². The van der Waals surface area contributed by atoms with Gasteiger partial charge >= 0.3 is 18.3 Å². The third-order valence-corrected chi connectivity index (χ3v) is 7.13. The average molecular weight is 533 g/mol. The summed E-state index contributed by atoms with van der Waals surface area (Å²) in [4.78, 5) is 26.1. The second-order valence-electron chi connectivity index (χ2n) is 9.60. The molecule has 0 spiro atoms. The Kier molecular flexibility index (Phi) is 6.54. The van der Waals surface area contributed by atoms with Crippen molar-refractivity contribution in [1.29, 1.82) is 0 Å². The molecule has 0 aliphatic carbocycles. The number of carboxylic acids is 1. The number of carbonyl (C=O) groups excluding carboxylic acids is 1. The van der Waals surface area contributed by atoms with Crippen molar-refractivity contribution in [3.05, 3.63) is 70.5 Å². The number of aliphatic carboxylic acids is 1. The van der Waals surface area contributed by atoms with E-state index in [1.807, 2.05) is 0 Å². The van der Waals surface area contributed by atoms with Crippen molar-refractivity contribution < 1.29 is 50.2 Å². The van der Waals surface area contributed by atoms with E-state index in [0.29, 0.717) is 17.7 Å². The molecule has 0 radical (unpaired) electrons. The highest BCUT2D eigenvalue weighted by molar-refractivity contribution is 6.03. The zero-order valence-corrected chi connectivity index (χ0v) is 19.5. The van der Waals surface area contributed by atoms with Gasteiger partial charge in [-0.3, -0.25) is 9.59 Å². The maximum absolute atomic E-state index is 13.6. The third-order valence-electron chi connectivity index (χ3n) is 7.13. The largest absolute Gasteiger partial charge is 0.480 e. The van der Waals surface area contributed by atoms with Crippen LogP contribution in [0.1, 0.15) is 54.5 Å². The van der Waals surface area contributed by atoms with Crippen molar-refractivity contribution in [3.8, 4) is 0 Å². The fourth-order valence-electron chi connectivity index (χ4n) is 5.16. The molecule has 5 atom stereocenters. The van der Waals surface area contributed by atoms with Gasteiger partial charge in [-0.25, -0.2) is 4.39 Å². The van der Waals surface area contributed by atoms with Crippen molar-refractivity contribution in [1.82, 2.24) is 4.90 Å². The van der Waals surface area contributed by atoms with Crippen LogP contribution in [0.3, 0.4) is 0 Å². The molecule has 2 aliphatic heterocycles. The van der Waals surface area contributed by atoms with E-state index >= 15 is 0 Å². The zero-order valence-electron chi connectivity index (χ0n) is 19.5. The quantitative estimate of drug-likeness (QED) is 0.390. The third kappa shape index (κ3) is 4.90. The number of amides is 1. The van der Waals surface area contributed by atoms with E-state index in [9.17, 15) is 45.4 Å². The minimum Gasteiger partial charge on any atom is -0.480 e. The lowest BCUT2D eigenvalue weighted by atomic mass is 9.80. The molecule has 12 heteroatoms. The Morgan fingerprint density at radius 1 is 1.05 bits per heavy atom. The first-order chi connectivity index (χ1) is 17.0. The van der Waals surface area contributed by atoms with Gasteiger partial charge in [0.25, 0.3) is 0 Å². The summed E-state index contributed by atoms with van der Waals surface area (Å²) in [6.45, 7) is 2.45. The Labute approximate surface area is 206 Å². The van der Waals surface area contributed by atoms with E-state index in [4.69, 9.17) is 4.74 Å². The molecule has 0 aromatic heterocycles. The summed E-state index contributed by atoms with van der Waals surface area (Å²) < 4.78 is 99.5. The van der Waals surface area contributed by atoms with E-state index in [1.165, 1.54) is 30.9 Å². The Bertz CT molecular complexity index is 1180. The number of hydrogen-bond acceptors (Lipinski definition) is 3. The van der Waals surface area contributed by atoms with Crippen LogP contribution in [0.25, 0.3) is 0 Å². The predicted octanol–water partition coefficient (Wildman–Crippen LogP) is 5.80. The van der Waals surface area contributed by atoms with Gasteiger partial charge in [0, 0.05) is 18.5 Å². The first-order valence-corrected chi connectivity index (χ1v) is 11.3. The highest BCUT2D eigenvalue weighted by atomic mass is 19.4. The smallest absolute Gasteiger partial charge is 0.416 e. The second kappa shape index (κ2) is 9.00. The summed E-state index contributed by atoms with van der Waals surface area (Å²) in [5.41, 5.74) is -4.55. The summed E-state index contributed by atoms with van der Waals surface area (Å²) in [7, 11) is 0. The molecule has 4 rings (SSSR count). The molecule has 5 nitrogen and oxygen atoms in total. The summed E-state index contributed by atoms with van der Waals surface area (Å²) in [5, 5.41) is 9.62. The Balaban J connectivity index is 1.70. The predicted molar refractivity (Wildman–Crippen MR) is 115 cm³/mol. The molecular formula is C25H22F7NO4. The van der Waals surface area contributed by atoms with Crippen LogP contribution >= 0.6 is 0 Å². The van der Waals surface area contributed by atoms with Gasteiger partial charge in [0.2, 0.25) is 5.91 Å². The Morgan fingerprint density at radius 3 is 2.08 bits per heavy atom. The van der Waals surface area contributed by atoms with Crippen LogP contribution in [0.5, 0.6) is 0 Å². The van der Waals surface area contributed by atoms with Gasteiger partial charge in [0.15, 0.2) is 0 Å². The first kappa shape index (κ1) is 26.9. The molecule has 1 unspecified atom stereocenters. The Hall–Kier alpha value is -3.15. The number of alkyl halides is 6. The molecule has 0 bridgehead atoms. The summed E-state index contributed by atoms with van der Waals surface area (Å²) in [5.74, 6) is -3.24. The number of fused-ring (bicyclic) bond motifs is 1. The normalized spacial score (nSPS) is 26.9. The molecule has 37 heavy (non-hydrogen) atoms. The maximum Gasteiger partial charge on any atom is 0.416 e. The number of benzene rings is 2. The van der Waals surface area contributed by atoms with Crippen LogP contribution in [0.2, 0.25) is 0 Å². The van der Waals surface area contributed by atoms with E-state index in [1.54, 1.807) is 0 Å². The number of nitrogens with zero attached hydrogens (tertiary/aromatic N) is 1. The molecule has 2 heterocycles. The number of halogens is 7. The molecule has 2 aromatic rings. The minimum absolute atomic E-state index is 0.0224. The van der Waals surface area contributed by atoms with Crippen molar-refractivity contribution in [2.75, 3.05) is 6.54 Å². The zero-order chi connectivity index (χ0) is 27.5. The summed E-state index contributed by atoms with van der Waals surface area (Å²) in [6.07, 6.45) is -12.3. The van der Waals surface area contributed by atoms with Crippen LogP contribution in [-0.2, 0) is 26.7 Å². The lowest BCUT2D eigenvalue weighted by molar-refractivity contribution is -0.155. The van der Waals surface area contributed by atoms with E-state index in [0.717, 1.165) is 12.1 Å². The number of ether oxygens (including phenoxy) is 1. The molecule has 2 saturated heterocycles. The van der Waals surface area contributed by atoms with Crippen molar-refractivity contribution in [2.45, 2.75) is 56.8 Å². The van der Waals surface area contributed by atoms with Crippen LogP contribution < -0.4 is 0 Å². The first-order valence-electron chi connectivity index (χ1n) is 11.3. The highest BCUT2D eigenvalue weighted by Gasteiger charge is 2.60. The summed E-state index contributed by atoms with van der Waals surface area (Å²) in [6, 6.07) is 5.68. The van der Waals surface area contributed by atoms with Crippen molar-refractivity contribution >= 4 is 11.9 Å².